The lowest BCUT2D eigenvalue weighted by atomic mass is 9.87. The van der Waals surface area contributed by atoms with Crippen LogP contribution in [-0.2, 0) is 11.8 Å². The molecule has 0 aliphatic carbocycles. The highest BCUT2D eigenvalue weighted by molar-refractivity contribution is 6.30. The van der Waals surface area contributed by atoms with Gasteiger partial charge in [0.2, 0.25) is 5.82 Å². The topological polar surface area (TPSA) is 72.7 Å². The molecule has 0 bridgehead atoms. The first-order chi connectivity index (χ1) is 15.0. The minimum Gasteiger partial charge on any atom is -0.393 e. The molecule has 0 amide bonds. The van der Waals surface area contributed by atoms with Crippen LogP contribution in [0.3, 0.4) is 0 Å². The molecule has 2 aliphatic heterocycles. The summed E-state index contributed by atoms with van der Waals surface area (Å²) in [5.41, 5.74) is 0.0874. The van der Waals surface area contributed by atoms with E-state index in [1.54, 1.807) is 36.1 Å². The van der Waals surface area contributed by atoms with Gasteiger partial charge >= 0.3 is 6.18 Å². The molecule has 10 heteroatoms. The molecule has 0 radical (unpaired) electrons. The van der Waals surface area contributed by atoms with E-state index in [4.69, 9.17) is 11.6 Å². The van der Waals surface area contributed by atoms with Crippen molar-refractivity contribution in [3.63, 3.8) is 0 Å². The highest BCUT2D eigenvalue weighted by atomic mass is 35.5. The first-order valence-electron chi connectivity index (χ1n) is 10.6. The van der Waals surface area contributed by atoms with Crippen LogP contribution in [0.1, 0.15) is 35.5 Å². The quantitative estimate of drug-likeness (QED) is 0.717. The van der Waals surface area contributed by atoms with Gasteiger partial charge in [0.25, 0.3) is 0 Å². The van der Waals surface area contributed by atoms with Crippen LogP contribution in [0.5, 0.6) is 0 Å². The Morgan fingerprint density at radius 3 is 2.31 bits per heavy atom. The number of β-amino-alcohol motifs (C(OH)–C–C–N with tert-alkyl or cyclic N) is 1. The van der Waals surface area contributed by atoms with Crippen LogP contribution in [0.15, 0.2) is 24.3 Å². The Labute approximate surface area is 189 Å². The fraction of sp³-hybridized carbons (Fsp3) is 0.545. The number of likely N-dealkylation sites (tertiary alicyclic amines) is 1. The molecule has 2 aliphatic rings. The second kappa shape index (κ2) is 8.44. The summed E-state index contributed by atoms with van der Waals surface area (Å²) in [4.78, 5) is 11.3. The highest BCUT2D eigenvalue weighted by Gasteiger charge is 2.50. The normalized spacial score (nSPS) is 25.5. The van der Waals surface area contributed by atoms with E-state index in [-0.39, 0.29) is 30.2 Å². The Balaban J connectivity index is 1.75. The van der Waals surface area contributed by atoms with Crippen molar-refractivity contribution in [2.45, 2.75) is 50.6 Å². The highest BCUT2D eigenvalue weighted by Crippen LogP contribution is 2.40. The summed E-state index contributed by atoms with van der Waals surface area (Å²) >= 11 is 6.03. The summed E-state index contributed by atoms with van der Waals surface area (Å²) in [7, 11) is 0. The average Bonchev–Trinajstić information content (AvgIpc) is 3.08. The van der Waals surface area contributed by atoms with E-state index in [9.17, 15) is 23.4 Å². The van der Waals surface area contributed by atoms with Gasteiger partial charge in [0.05, 0.1) is 18.7 Å². The zero-order chi connectivity index (χ0) is 23.3. The molecule has 2 saturated heterocycles. The number of hydrogen-bond donors (Lipinski definition) is 2. The minimum absolute atomic E-state index is 0.0763. The number of alkyl halides is 3. The summed E-state index contributed by atoms with van der Waals surface area (Å²) in [6, 6.07) is 6.49. The van der Waals surface area contributed by atoms with Gasteiger partial charge in [-0.15, -0.1) is 0 Å². The molecule has 2 aromatic rings. The van der Waals surface area contributed by atoms with Crippen LogP contribution in [-0.4, -0.2) is 63.4 Å². The summed E-state index contributed by atoms with van der Waals surface area (Å²) in [6.07, 6.45) is -3.89. The molecule has 2 N–H and O–H groups in total. The molecule has 2 unspecified atom stereocenters. The molecule has 32 heavy (non-hydrogen) atoms. The van der Waals surface area contributed by atoms with E-state index < -0.39 is 17.6 Å². The standard InChI is InChI=1S/C22H26ClF3N4O2/c1-13-14(2)27-20(22(24,25)26)28-19(13)30-11-18(29-9-7-17(31)8-10-29)21(32,12-30)15-3-5-16(23)6-4-15/h3-6,17-18,31-32H,7-12H2,1-2H3. The number of halogens is 4. The lowest BCUT2D eigenvalue weighted by Gasteiger charge is -2.40. The summed E-state index contributed by atoms with van der Waals surface area (Å²) < 4.78 is 40.2. The van der Waals surface area contributed by atoms with Crippen molar-refractivity contribution in [2.75, 3.05) is 31.1 Å². The number of benzene rings is 1. The average molecular weight is 471 g/mol. The summed E-state index contributed by atoms with van der Waals surface area (Å²) in [5, 5.41) is 22.3. The summed E-state index contributed by atoms with van der Waals surface area (Å²) in [5.74, 6) is -1.01. The molecular formula is C22H26ClF3N4O2. The van der Waals surface area contributed by atoms with Gasteiger partial charge in [0.15, 0.2) is 0 Å². The van der Waals surface area contributed by atoms with Crippen LogP contribution in [0.4, 0.5) is 19.0 Å². The van der Waals surface area contributed by atoms with Crippen molar-refractivity contribution >= 4 is 17.4 Å². The Hall–Kier alpha value is -1.94. The number of anilines is 1. The van der Waals surface area contributed by atoms with Crippen molar-refractivity contribution in [1.82, 2.24) is 14.9 Å². The van der Waals surface area contributed by atoms with E-state index in [1.807, 2.05) is 0 Å². The third kappa shape index (κ3) is 4.31. The van der Waals surface area contributed by atoms with Crippen LogP contribution in [0.25, 0.3) is 0 Å². The molecule has 1 aromatic carbocycles. The maximum Gasteiger partial charge on any atom is 0.451 e. The van der Waals surface area contributed by atoms with Crippen molar-refractivity contribution in [3.05, 3.63) is 51.9 Å². The SMILES string of the molecule is Cc1nc(C(F)(F)F)nc(N2CC(N3CCC(O)CC3)C(O)(c3ccc(Cl)cc3)C2)c1C. The van der Waals surface area contributed by atoms with Crippen molar-refractivity contribution in [1.29, 1.82) is 0 Å². The predicted molar refractivity (Wildman–Crippen MR) is 115 cm³/mol. The fourth-order valence-electron chi connectivity index (χ4n) is 4.67. The third-order valence-electron chi connectivity index (χ3n) is 6.58. The van der Waals surface area contributed by atoms with Crippen LogP contribution < -0.4 is 4.90 Å². The maximum atomic E-state index is 13.4. The smallest absolute Gasteiger partial charge is 0.393 e. The number of aliphatic hydroxyl groups excluding tert-OH is 1. The molecule has 4 rings (SSSR count). The van der Waals surface area contributed by atoms with Gasteiger partial charge in [0, 0.05) is 35.9 Å². The van der Waals surface area contributed by atoms with Gasteiger partial charge < -0.3 is 15.1 Å². The van der Waals surface area contributed by atoms with E-state index in [2.05, 4.69) is 14.9 Å². The molecule has 3 heterocycles. The first kappa shape index (κ1) is 23.2. The Morgan fingerprint density at radius 1 is 1.09 bits per heavy atom. The third-order valence-corrected chi connectivity index (χ3v) is 6.83. The zero-order valence-electron chi connectivity index (χ0n) is 17.9. The lowest BCUT2D eigenvalue weighted by Crippen LogP contribution is -2.53. The van der Waals surface area contributed by atoms with Gasteiger partial charge in [0.1, 0.15) is 11.4 Å². The Morgan fingerprint density at radius 2 is 1.72 bits per heavy atom. The molecule has 174 valence electrons. The Bertz CT molecular complexity index is 980. The number of aliphatic hydroxyl groups is 2. The van der Waals surface area contributed by atoms with Crippen LogP contribution in [0.2, 0.25) is 5.02 Å². The number of aryl methyl sites for hydroxylation is 1. The molecule has 0 saturated carbocycles. The van der Waals surface area contributed by atoms with E-state index in [1.165, 1.54) is 6.92 Å². The van der Waals surface area contributed by atoms with Crippen LogP contribution in [0, 0.1) is 13.8 Å². The Kier molecular flexibility index (Phi) is 6.13. The van der Waals surface area contributed by atoms with Gasteiger partial charge in [-0.2, -0.15) is 13.2 Å². The molecule has 1 aromatic heterocycles. The number of hydrogen-bond acceptors (Lipinski definition) is 6. The largest absolute Gasteiger partial charge is 0.451 e. The molecule has 2 atom stereocenters. The van der Waals surface area contributed by atoms with E-state index in [0.717, 1.165) is 0 Å². The molecular weight excluding hydrogens is 445 g/mol. The van der Waals surface area contributed by atoms with Crippen molar-refractivity contribution in [3.8, 4) is 0 Å². The predicted octanol–water partition coefficient (Wildman–Crippen LogP) is 3.30. The van der Waals surface area contributed by atoms with Gasteiger partial charge in [-0.05, 0) is 44.4 Å². The van der Waals surface area contributed by atoms with Gasteiger partial charge in [-0.3, -0.25) is 4.90 Å². The number of nitrogens with zero attached hydrogens (tertiary/aromatic N) is 4. The first-order valence-corrected chi connectivity index (χ1v) is 10.9. The molecule has 2 fully saturated rings. The fourth-order valence-corrected chi connectivity index (χ4v) is 4.79. The van der Waals surface area contributed by atoms with Gasteiger partial charge in [-0.25, -0.2) is 9.97 Å². The van der Waals surface area contributed by atoms with Gasteiger partial charge in [-0.1, -0.05) is 23.7 Å². The lowest BCUT2D eigenvalue weighted by molar-refractivity contribution is -0.145. The monoisotopic (exact) mass is 470 g/mol. The zero-order valence-corrected chi connectivity index (χ0v) is 18.7. The molecule has 6 nitrogen and oxygen atoms in total. The van der Waals surface area contributed by atoms with Crippen molar-refractivity contribution in [2.24, 2.45) is 0 Å². The second-order valence-electron chi connectivity index (χ2n) is 8.67. The molecule has 0 spiro atoms. The van der Waals surface area contributed by atoms with E-state index in [0.29, 0.717) is 48.6 Å². The number of rotatable bonds is 3. The van der Waals surface area contributed by atoms with E-state index >= 15 is 0 Å². The number of piperidine rings is 1. The number of aromatic nitrogens is 2. The summed E-state index contributed by atoms with van der Waals surface area (Å²) in [6.45, 7) is 4.77. The maximum absolute atomic E-state index is 13.4. The second-order valence-corrected chi connectivity index (χ2v) is 9.11. The minimum atomic E-state index is -4.66. The van der Waals surface area contributed by atoms with Crippen LogP contribution >= 0.6 is 11.6 Å². The van der Waals surface area contributed by atoms with Crippen molar-refractivity contribution < 1.29 is 23.4 Å².